The molecule has 0 saturated heterocycles. The van der Waals surface area contributed by atoms with Gasteiger partial charge in [0.2, 0.25) is 0 Å². The SMILES string of the molecule is CC(C)OCCCCNCc1ccc2ccccc2n1. The van der Waals surface area contributed by atoms with Crippen LogP contribution in [0.15, 0.2) is 36.4 Å². The van der Waals surface area contributed by atoms with Crippen LogP contribution in [-0.2, 0) is 11.3 Å². The number of nitrogens with one attached hydrogen (secondary N) is 1. The zero-order valence-electron chi connectivity index (χ0n) is 12.4. The molecule has 0 amide bonds. The second-order valence-corrected chi connectivity index (χ2v) is 5.30. The van der Waals surface area contributed by atoms with E-state index in [2.05, 4.69) is 48.4 Å². The maximum absolute atomic E-state index is 5.51. The summed E-state index contributed by atoms with van der Waals surface area (Å²) >= 11 is 0. The number of para-hydroxylation sites is 1. The van der Waals surface area contributed by atoms with Crippen molar-refractivity contribution in [1.82, 2.24) is 10.3 Å². The van der Waals surface area contributed by atoms with Crippen molar-refractivity contribution in [3.05, 3.63) is 42.1 Å². The average Bonchev–Trinajstić information content (AvgIpc) is 2.46. The van der Waals surface area contributed by atoms with E-state index in [-0.39, 0.29) is 0 Å². The summed E-state index contributed by atoms with van der Waals surface area (Å²) in [4.78, 5) is 4.65. The summed E-state index contributed by atoms with van der Waals surface area (Å²) < 4.78 is 5.51. The normalized spacial score (nSPS) is 11.3. The third kappa shape index (κ3) is 4.91. The van der Waals surface area contributed by atoms with Gasteiger partial charge in [-0.3, -0.25) is 4.98 Å². The Bertz CT molecular complexity index is 525. The summed E-state index contributed by atoms with van der Waals surface area (Å²) in [5.74, 6) is 0. The first-order valence-electron chi connectivity index (χ1n) is 7.42. The van der Waals surface area contributed by atoms with Gasteiger partial charge in [-0.15, -0.1) is 0 Å². The number of unbranched alkanes of at least 4 members (excludes halogenated alkanes) is 1. The highest BCUT2D eigenvalue weighted by molar-refractivity contribution is 5.78. The highest BCUT2D eigenvalue weighted by Gasteiger charge is 1.98. The van der Waals surface area contributed by atoms with Gasteiger partial charge < -0.3 is 10.1 Å². The van der Waals surface area contributed by atoms with Gasteiger partial charge in [0, 0.05) is 18.5 Å². The molecule has 0 aliphatic heterocycles. The van der Waals surface area contributed by atoms with E-state index in [9.17, 15) is 0 Å². The number of hydrogen-bond donors (Lipinski definition) is 1. The van der Waals surface area contributed by atoms with E-state index in [0.717, 1.165) is 43.7 Å². The Morgan fingerprint density at radius 2 is 1.95 bits per heavy atom. The summed E-state index contributed by atoms with van der Waals surface area (Å²) in [6.45, 7) is 6.84. The molecule has 0 unspecified atom stereocenters. The van der Waals surface area contributed by atoms with Crippen molar-refractivity contribution in [3.63, 3.8) is 0 Å². The lowest BCUT2D eigenvalue weighted by Gasteiger charge is -2.08. The first kappa shape index (κ1) is 14.9. The van der Waals surface area contributed by atoms with E-state index in [1.165, 1.54) is 5.39 Å². The van der Waals surface area contributed by atoms with Gasteiger partial charge in [-0.2, -0.15) is 0 Å². The minimum atomic E-state index is 0.338. The predicted octanol–water partition coefficient (Wildman–Crippen LogP) is 3.53. The highest BCUT2D eigenvalue weighted by atomic mass is 16.5. The van der Waals surface area contributed by atoms with Gasteiger partial charge in [0.1, 0.15) is 0 Å². The van der Waals surface area contributed by atoms with E-state index >= 15 is 0 Å². The van der Waals surface area contributed by atoms with Crippen LogP contribution in [0, 0.1) is 0 Å². The Labute approximate surface area is 121 Å². The molecular weight excluding hydrogens is 248 g/mol. The number of benzene rings is 1. The van der Waals surface area contributed by atoms with Gasteiger partial charge in [-0.1, -0.05) is 24.3 Å². The highest BCUT2D eigenvalue weighted by Crippen LogP contribution is 2.11. The maximum Gasteiger partial charge on any atom is 0.0705 e. The Balaban J connectivity index is 1.68. The molecule has 0 spiro atoms. The van der Waals surface area contributed by atoms with Gasteiger partial charge >= 0.3 is 0 Å². The van der Waals surface area contributed by atoms with Gasteiger partial charge in [-0.05, 0) is 45.4 Å². The van der Waals surface area contributed by atoms with Crippen LogP contribution in [0.25, 0.3) is 10.9 Å². The number of fused-ring (bicyclic) bond motifs is 1. The van der Waals surface area contributed by atoms with Gasteiger partial charge in [0.05, 0.1) is 17.3 Å². The first-order chi connectivity index (χ1) is 9.75. The number of rotatable bonds is 8. The van der Waals surface area contributed by atoms with Crippen LogP contribution < -0.4 is 5.32 Å². The number of pyridine rings is 1. The van der Waals surface area contributed by atoms with Crippen molar-refractivity contribution in [2.24, 2.45) is 0 Å². The van der Waals surface area contributed by atoms with Crippen molar-refractivity contribution in [2.45, 2.75) is 39.3 Å². The minimum absolute atomic E-state index is 0.338. The van der Waals surface area contributed by atoms with Crippen LogP contribution in [0.1, 0.15) is 32.4 Å². The fourth-order valence-electron chi connectivity index (χ4n) is 2.09. The predicted molar refractivity (Wildman–Crippen MR) is 83.8 cm³/mol. The van der Waals surface area contributed by atoms with Gasteiger partial charge in [0.25, 0.3) is 0 Å². The van der Waals surface area contributed by atoms with Crippen molar-refractivity contribution in [2.75, 3.05) is 13.2 Å². The Hall–Kier alpha value is -1.45. The lowest BCUT2D eigenvalue weighted by atomic mass is 10.2. The largest absolute Gasteiger partial charge is 0.379 e. The number of hydrogen-bond acceptors (Lipinski definition) is 3. The summed E-state index contributed by atoms with van der Waals surface area (Å²) in [7, 11) is 0. The van der Waals surface area contributed by atoms with Crippen LogP contribution in [0.5, 0.6) is 0 Å². The van der Waals surface area contributed by atoms with Crippen LogP contribution in [0.2, 0.25) is 0 Å². The third-order valence-electron chi connectivity index (χ3n) is 3.16. The third-order valence-corrected chi connectivity index (χ3v) is 3.16. The molecule has 2 aromatic rings. The van der Waals surface area contributed by atoms with Crippen LogP contribution in [-0.4, -0.2) is 24.2 Å². The van der Waals surface area contributed by atoms with Gasteiger partial charge in [-0.25, -0.2) is 0 Å². The minimum Gasteiger partial charge on any atom is -0.379 e. The number of nitrogens with zero attached hydrogens (tertiary/aromatic N) is 1. The molecule has 1 aromatic heterocycles. The van der Waals surface area contributed by atoms with E-state index in [1.54, 1.807) is 0 Å². The summed E-state index contributed by atoms with van der Waals surface area (Å²) in [5, 5.41) is 4.63. The molecular formula is C17H24N2O. The fourth-order valence-corrected chi connectivity index (χ4v) is 2.09. The van der Waals surface area contributed by atoms with E-state index < -0.39 is 0 Å². The second kappa shape index (κ2) is 7.98. The fraction of sp³-hybridized carbons (Fsp3) is 0.471. The lowest BCUT2D eigenvalue weighted by Crippen LogP contribution is -2.16. The van der Waals surface area contributed by atoms with Crippen LogP contribution in [0.4, 0.5) is 0 Å². The molecule has 3 nitrogen and oxygen atoms in total. The standard InChI is InChI=1S/C17H24N2O/c1-14(2)20-12-6-5-11-18-13-16-10-9-15-7-3-4-8-17(15)19-16/h3-4,7-10,14,18H,5-6,11-13H2,1-2H3. The Morgan fingerprint density at radius 1 is 1.10 bits per heavy atom. The van der Waals surface area contributed by atoms with Crippen LogP contribution >= 0.6 is 0 Å². The monoisotopic (exact) mass is 272 g/mol. The smallest absolute Gasteiger partial charge is 0.0705 e. The van der Waals surface area contributed by atoms with Crippen molar-refractivity contribution >= 4 is 10.9 Å². The quantitative estimate of drug-likeness (QED) is 0.746. The van der Waals surface area contributed by atoms with Crippen molar-refractivity contribution < 1.29 is 4.74 Å². The van der Waals surface area contributed by atoms with Crippen LogP contribution in [0.3, 0.4) is 0 Å². The van der Waals surface area contributed by atoms with Crippen molar-refractivity contribution in [3.8, 4) is 0 Å². The maximum atomic E-state index is 5.51. The molecule has 20 heavy (non-hydrogen) atoms. The topological polar surface area (TPSA) is 34.1 Å². The molecule has 0 radical (unpaired) electrons. The van der Waals surface area contributed by atoms with E-state index in [4.69, 9.17) is 4.74 Å². The molecule has 0 saturated carbocycles. The summed E-state index contributed by atoms with van der Waals surface area (Å²) in [6, 6.07) is 12.5. The molecule has 1 heterocycles. The van der Waals surface area contributed by atoms with E-state index in [0.29, 0.717) is 6.10 Å². The zero-order chi connectivity index (χ0) is 14.2. The molecule has 108 valence electrons. The molecule has 0 bridgehead atoms. The van der Waals surface area contributed by atoms with Gasteiger partial charge in [0.15, 0.2) is 0 Å². The van der Waals surface area contributed by atoms with Crippen molar-refractivity contribution in [1.29, 1.82) is 0 Å². The number of ether oxygens (including phenoxy) is 1. The number of aromatic nitrogens is 1. The first-order valence-corrected chi connectivity index (χ1v) is 7.42. The Kier molecular flexibility index (Phi) is 5.96. The Morgan fingerprint density at radius 3 is 2.80 bits per heavy atom. The molecule has 0 aliphatic carbocycles. The second-order valence-electron chi connectivity index (χ2n) is 5.30. The molecule has 1 aromatic carbocycles. The van der Waals surface area contributed by atoms with E-state index in [1.807, 2.05) is 12.1 Å². The molecule has 3 heteroatoms. The molecule has 0 aliphatic rings. The lowest BCUT2D eigenvalue weighted by molar-refractivity contribution is 0.0760. The zero-order valence-corrected chi connectivity index (χ0v) is 12.4. The summed E-state index contributed by atoms with van der Waals surface area (Å²) in [5.41, 5.74) is 2.17. The molecule has 0 fully saturated rings. The molecule has 2 rings (SSSR count). The molecule has 0 atom stereocenters. The average molecular weight is 272 g/mol. The molecule has 1 N–H and O–H groups in total. The summed E-state index contributed by atoms with van der Waals surface area (Å²) in [6.07, 6.45) is 2.58.